The van der Waals surface area contributed by atoms with Crippen LogP contribution in [0, 0.1) is 0 Å². The van der Waals surface area contributed by atoms with Crippen molar-refractivity contribution >= 4 is 39.1 Å². The fourth-order valence-electron chi connectivity index (χ4n) is 4.49. The van der Waals surface area contributed by atoms with Gasteiger partial charge in [-0.15, -0.1) is 11.3 Å². The molecule has 2 aliphatic heterocycles. The third kappa shape index (κ3) is 5.13. The van der Waals surface area contributed by atoms with E-state index in [1.165, 1.54) is 26.7 Å². The molecule has 2 aromatic heterocycles. The number of sulfonamides is 1. The van der Waals surface area contributed by atoms with Gasteiger partial charge in [0.1, 0.15) is 17.8 Å². The first-order valence-corrected chi connectivity index (χ1v) is 13.6. The summed E-state index contributed by atoms with van der Waals surface area (Å²) in [5.74, 6) is -0.607. The highest BCUT2D eigenvalue weighted by Gasteiger charge is 2.54. The molecule has 0 bridgehead atoms. The number of carbonyl (C=O) groups is 3. The lowest BCUT2D eigenvalue weighted by Gasteiger charge is -2.28. The van der Waals surface area contributed by atoms with E-state index < -0.39 is 40.1 Å². The van der Waals surface area contributed by atoms with Crippen LogP contribution in [0.2, 0.25) is 0 Å². The summed E-state index contributed by atoms with van der Waals surface area (Å²) in [6.07, 6.45) is 3.63. The second kappa shape index (κ2) is 10.2. The number of aromatic nitrogens is 1. The fraction of sp³-hybridized carbons (Fsp3) is 0.455. The number of fused-ring (bicyclic) bond motifs is 1. The first kappa shape index (κ1) is 24.3. The van der Waals surface area contributed by atoms with Crippen LogP contribution in [0.15, 0.2) is 41.4 Å². The number of ketones is 1. The molecule has 4 rings (SSSR count). The molecule has 10 nitrogen and oxygen atoms in total. The highest BCUT2D eigenvalue weighted by atomic mass is 32.2. The Kier molecular flexibility index (Phi) is 7.29. The zero-order valence-electron chi connectivity index (χ0n) is 18.6. The average Bonchev–Trinajstić information content (AvgIpc) is 3.52. The zero-order valence-corrected chi connectivity index (χ0v) is 20.3. The number of thiophene rings is 1. The van der Waals surface area contributed by atoms with Gasteiger partial charge < -0.3 is 15.0 Å². The van der Waals surface area contributed by atoms with Gasteiger partial charge in [-0.2, -0.15) is 4.31 Å². The van der Waals surface area contributed by atoms with Crippen molar-refractivity contribution in [1.82, 2.24) is 19.5 Å². The van der Waals surface area contributed by atoms with Gasteiger partial charge >= 0.3 is 6.09 Å². The standard InChI is InChI=1S/C22H26N4O6S2/c1-2-4-17(24-22(29)32-16-7-10-33-13-16)21(28)25-9-6-18-20(25)19(27)12-26(18)34(30,31)14-15-5-3-8-23-11-15/h3,5,7-8,10-11,13,17-18,20H,2,4,6,9,12,14H2,1H3,(H,24,29). The minimum atomic E-state index is -3.78. The van der Waals surface area contributed by atoms with E-state index in [1.807, 2.05) is 6.92 Å². The predicted octanol–water partition coefficient (Wildman–Crippen LogP) is 1.78. The largest absolute Gasteiger partial charge is 0.413 e. The van der Waals surface area contributed by atoms with Crippen LogP contribution in [0.1, 0.15) is 31.7 Å². The molecule has 3 unspecified atom stereocenters. The molecule has 1 N–H and O–H groups in total. The lowest BCUT2D eigenvalue weighted by molar-refractivity contribution is -0.138. The summed E-state index contributed by atoms with van der Waals surface area (Å²) in [5, 5.41) is 6.03. The Morgan fingerprint density at radius 3 is 2.85 bits per heavy atom. The average molecular weight is 507 g/mol. The molecule has 2 aliphatic rings. The van der Waals surface area contributed by atoms with Crippen molar-refractivity contribution in [2.45, 2.75) is 50.1 Å². The van der Waals surface area contributed by atoms with E-state index in [-0.39, 0.29) is 24.6 Å². The van der Waals surface area contributed by atoms with Gasteiger partial charge in [-0.25, -0.2) is 13.2 Å². The van der Waals surface area contributed by atoms with E-state index in [0.29, 0.717) is 30.6 Å². The number of hydrogen-bond acceptors (Lipinski definition) is 8. The number of amides is 2. The van der Waals surface area contributed by atoms with Gasteiger partial charge in [0, 0.05) is 24.3 Å². The van der Waals surface area contributed by atoms with Gasteiger partial charge in [0.25, 0.3) is 0 Å². The third-order valence-corrected chi connectivity index (χ3v) is 8.44. The minimum Gasteiger partial charge on any atom is -0.409 e. The van der Waals surface area contributed by atoms with Crippen molar-refractivity contribution in [3.8, 4) is 5.75 Å². The van der Waals surface area contributed by atoms with Gasteiger partial charge in [-0.3, -0.25) is 14.6 Å². The van der Waals surface area contributed by atoms with Crippen molar-refractivity contribution < 1.29 is 27.5 Å². The number of carbonyl (C=O) groups excluding carboxylic acids is 3. The quantitative estimate of drug-likeness (QED) is 0.578. The van der Waals surface area contributed by atoms with Crippen molar-refractivity contribution in [3.05, 3.63) is 46.9 Å². The summed E-state index contributed by atoms with van der Waals surface area (Å²) in [4.78, 5) is 43.9. The Morgan fingerprint density at radius 2 is 2.18 bits per heavy atom. The summed E-state index contributed by atoms with van der Waals surface area (Å²) in [6, 6.07) is 2.62. The molecule has 0 aliphatic carbocycles. The Bertz CT molecular complexity index is 1140. The maximum atomic E-state index is 13.3. The molecule has 0 saturated carbocycles. The van der Waals surface area contributed by atoms with Crippen LogP contribution in [0.3, 0.4) is 0 Å². The summed E-state index contributed by atoms with van der Waals surface area (Å²) in [5.41, 5.74) is 0.528. The molecule has 2 aromatic rings. The maximum Gasteiger partial charge on any atom is 0.413 e. The van der Waals surface area contributed by atoms with Crippen molar-refractivity contribution in [2.75, 3.05) is 13.1 Å². The monoisotopic (exact) mass is 506 g/mol. The lowest BCUT2D eigenvalue weighted by atomic mass is 10.1. The number of nitrogens with zero attached hydrogens (tertiary/aromatic N) is 3. The molecule has 182 valence electrons. The Morgan fingerprint density at radius 1 is 1.35 bits per heavy atom. The number of Topliss-reactive ketones (excluding diaryl/α,β-unsaturated/α-hetero) is 1. The van der Waals surface area contributed by atoms with Crippen LogP contribution in [-0.4, -0.2) is 71.6 Å². The Hall–Kier alpha value is -2.83. The number of rotatable bonds is 8. The van der Waals surface area contributed by atoms with Gasteiger partial charge in [0.2, 0.25) is 15.9 Å². The first-order chi connectivity index (χ1) is 16.3. The maximum absolute atomic E-state index is 13.3. The van der Waals surface area contributed by atoms with E-state index in [1.54, 1.807) is 35.2 Å². The number of pyridine rings is 1. The van der Waals surface area contributed by atoms with E-state index in [2.05, 4.69) is 10.3 Å². The van der Waals surface area contributed by atoms with Crippen LogP contribution in [-0.2, 0) is 25.4 Å². The van der Waals surface area contributed by atoms with Crippen LogP contribution in [0.4, 0.5) is 4.79 Å². The highest BCUT2D eigenvalue weighted by molar-refractivity contribution is 7.88. The first-order valence-electron chi connectivity index (χ1n) is 11.0. The molecule has 4 heterocycles. The Labute approximate surface area is 202 Å². The van der Waals surface area contributed by atoms with Crippen LogP contribution < -0.4 is 10.1 Å². The molecule has 2 fully saturated rings. The number of likely N-dealkylation sites (tertiary alicyclic amines) is 1. The van der Waals surface area contributed by atoms with Gasteiger partial charge in [-0.05, 0) is 35.9 Å². The van der Waals surface area contributed by atoms with Crippen LogP contribution >= 0.6 is 11.3 Å². The number of nitrogens with one attached hydrogen (secondary N) is 1. The molecule has 0 aromatic carbocycles. The molecule has 12 heteroatoms. The van der Waals surface area contributed by atoms with Gasteiger partial charge in [-0.1, -0.05) is 19.4 Å². The topological polar surface area (TPSA) is 126 Å². The second-order valence-electron chi connectivity index (χ2n) is 8.30. The van der Waals surface area contributed by atoms with Crippen molar-refractivity contribution in [1.29, 1.82) is 0 Å². The van der Waals surface area contributed by atoms with Crippen molar-refractivity contribution in [3.63, 3.8) is 0 Å². The summed E-state index contributed by atoms with van der Waals surface area (Å²) in [6.45, 7) is 1.85. The van der Waals surface area contributed by atoms with Gasteiger partial charge in [0.15, 0.2) is 5.78 Å². The molecule has 2 saturated heterocycles. The molecule has 2 amide bonds. The smallest absolute Gasteiger partial charge is 0.409 e. The molecular formula is C22H26N4O6S2. The SMILES string of the molecule is CCCC(NC(=O)Oc1ccsc1)C(=O)N1CCC2C1C(=O)CN2S(=O)(=O)Cc1cccnc1. The van der Waals surface area contributed by atoms with Gasteiger partial charge in [0.05, 0.1) is 18.3 Å². The molecule has 34 heavy (non-hydrogen) atoms. The molecular weight excluding hydrogens is 480 g/mol. The summed E-state index contributed by atoms with van der Waals surface area (Å²) >= 11 is 1.38. The summed E-state index contributed by atoms with van der Waals surface area (Å²) in [7, 11) is -3.78. The predicted molar refractivity (Wildman–Crippen MR) is 125 cm³/mol. The highest BCUT2D eigenvalue weighted by Crippen LogP contribution is 2.33. The Balaban J connectivity index is 1.46. The number of hydrogen-bond donors (Lipinski definition) is 1. The van der Waals surface area contributed by atoms with Crippen LogP contribution in [0.5, 0.6) is 5.75 Å². The summed E-state index contributed by atoms with van der Waals surface area (Å²) < 4.78 is 32.6. The van der Waals surface area contributed by atoms with E-state index >= 15 is 0 Å². The van der Waals surface area contributed by atoms with E-state index in [0.717, 1.165) is 0 Å². The zero-order chi connectivity index (χ0) is 24.3. The normalized spacial score (nSPS) is 21.3. The molecule has 0 radical (unpaired) electrons. The minimum absolute atomic E-state index is 0.236. The lowest BCUT2D eigenvalue weighted by Crippen LogP contribution is -2.53. The van der Waals surface area contributed by atoms with Crippen LogP contribution in [0.25, 0.3) is 0 Å². The third-order valence-electron chi connectivity index (χ3n) is 5.96. The second-order valence-corrected chi connectivity index (χ2v) is 11.0. The number of ether oxygens (including phenoxy) is 1. The van der Waals surface area contributed by atoms with E-state index in [4.69, 9.17) is 4.74 Å². The fourth-order valence-corrected chi connectivity index (χ4v) is 6.76. The van der Waals surface area contributed by atoms with E-state index in [9.17, 15) is 22.8 Å². The van der Waals surface area contributed by atoms with Crippen molar-refractivity contribution in [2.24, 2.45) is 0 Å². The molecule has 0 spiro atoms. The molecule has 3 atom stereocenters.